The van der Waals surface area contributed by atoms with Crippen LogP contribution in [0.25, 0.3) is 0 Å². The first-order valence-electron chi connectivity index (χ1n) is 6.96. The number of thioether (sulfide) groups is 1. The summed E-state index contributed by atoms with van der Waals surface area (Å²) < 4.78 is 5.82. The van der Waals surface area contributed by atoms with Gasteiger partial charge in [0.15, 0.2) is 0 Å². The maximum Gasteiger partial charge on any atom is 0.138 e. The lowest BCUT2D eigenvalue weighted by atomic mass is 10.2. The van der Waals surface area contributed by atoms with Crippen LogP contribution in [0.4, 0.5) is 0 Å². The summed E-state index contributed by atoms with van der Waals surface area (Å²) in [6, 6.07) is 8.98. The zero-order valence-corrected chi connectivity index (χ0v) is 13.8. The van der Waals surface area contributed by atoms with E-state index in [2.05, 4.69) is 38.7 Å². The molecule has 110 valence electrons. The molecule has 0 aliphatic rings. The summed E-state index contributed by atoms with van der Waals surface area (Å²) in [6.07, 6.45) is 1.97. The molecule has 0 N–H and O–H groups in total. The molecule has 0 spiro atoms. The fourth-order valence-electron chi connectivity index (χ4n) is 2.29. The Kier molecular flexibility index (Phi) is 6.90. The maximum atomic E-state index is 9.26. The number of benzene rings is 1. The van der Waals surface area contributed by atoms with E-state index < -0.39 is 0 Å². The van der Waals surface area contributed by atoms with Crippen molar-refractivity contribution < 1.29 is 4.74 Å². The van der Waals surface area contributed by atoms with Crippen LogP contribution in [-0.2, 0) is 0 Å². The van der Waals surface area contributed by atoms with Gasteiger partial charge in [-0.25, -0.2) is 0 Å². The van der Waals surface area contributed by atoms with Gasteiger partial charge in [0, 0.05) is 23.5 Å². The summed E-state index contributed by atoms with van der Waals surface area (Å²) in [7, 11) is 0. The van der Waals surface area contributed by atoms with E-state index in [-0.39, 0.29) is 0 Å². The van der Waals surface area contributed by atoms with Crippen molar-refractivity contribution in [3.05, 3.63) is 23.8 Å². The maximum absolute atomic E-state index is 9.26. The molecule has 0 bridgehead atoms. The summed E-state index contributed by atoms with van der Waals surface area (Å²) >= 11 is 1.57. The van der Waals surface area contributed by atoms with Gasteiger partial charge in [0.1, 0.15) is 24.0 Å². The highest BCUT2D eigenvalue weighted by Gasteiger charge is 2.14. The molecule has 0 amide bonds. The zero-order chi connectivity index (χ0) is 15.1. The molecule has 1 rings (SSSR count). The molecule has 0 radical (unpaired) electrons. The van der Waals surface area contributed by atoms with Gasteiger partial charge < -0.3 is 4.74 Å². The lowest BCUT2D eigenvalue weighted by Gasteiger charge is -2.30. The molecule has 4 heteroatoms. The average molecular weight is 292 g/mol. The van der Waals surface area contributed by atoms with Gasteiger partial charge in [0.25, 0.3) is 0 Å². The van der Waals surface area contributed by atoms with Crippen LogP contribution in [0.2, 0.25) is 0 Å². The third-order valence-corrected chi connectivity index (χ3v) is 4.03. The summed E-state index contributed by atoms with van der Waals surface area (Å²) in [6.45, 7) is 10.2. The molecule has 0 aliphatic heterocycles. The van der Waals surface area contributed by atoms with E-state index in [1.807, 2.05) is 24.5 Å². The number of nitriles is 1. The second kappa shape index (κ2) is 8.18. The van der Waals surface area contributed by atoms with Crippen molar-refractivity contribution in [1.82, 2.24) is 4.90 Å². The molecule has 0 saturated carbocycles. The fourth-order valence-corrected chi connectivity index (χ4v) is 2.85. The van der Waals surface area contributed by atoms with Gasteiger partial charge in [-0.3, -0.25) is 4.90 Å². The molecule has 1 aromatic rings. The third-order valence-electron chi connectivity index (χ3n) is 3.25. The van der Waals surface area contributed by atoms with E-state index in [1.54, 1.807) is 11.8 Å². The van der Waals surface area contributed by atoms with E-state index in [0.29, 0.717) is 30.0 Å². The van der Waals surface area contributed by atoms with Gasteiger partial charge in [-0.2, -0.15) is 5.26 Å². The Labute approximate surface area is 126 Å². The Balaban J connectivity index is 2.69. The van der Waals surface area contributed by atoms with Crippen molar-refractivity contribution in [2.24, 2.45) is 0 Å². The molecule has 0 atom stereocenters. The largest absolute Gasteiger partial charge is 0.491 e. The Morgan fingerprint density at radius 3 is 2.40 bits per heavy atom. The smallest absolute Gasteiger partial charge is 0.138 e. The predicted molar refractivity (Wildman–Crippen MR) is 85.4 cm³/mol. The van der Waals surface area contributed by atoms with Crippen molar-refractivity contribution in [2.45, 2.75) is 44.7 Å². The van der Waals surface area contributed by atoms with Gasteiger partial charge in [-0.15, -0.1) is 11.8 Å². The lowest BCUT2D eigenvalue weighted by molar-refractivity contribution is 0.142. The molecule has 3 nitrogen and oxygen atoms in total. The minimum atomic E-state index is 0.492. The number of ether oxygens (including phenoxy) is 1. The first kappa shape index (κ1) is 16.9. The second-order valence-electron chi connectivity index (χ2n) is 5.22. The first-order chi connectivity index (χ1) is 9.51. The predicted octanol–water partition coefficient (Wildman–Crippen LogP) is 3.78. The minimum Gasteiger partial charge on any atom is -0.491 e. The summed E-state index contributed by atoms with van der Waals surface area (Å²) in [5, 5.41) is 9.26. The van der Waals surface area contributed by atoms with Crippen LogP contribution in [0.3, 0.4) is 0 Å². The van der Waals surface area contributed by atoms with Crippen LogP contribution in [0.5, 0.6) is 5.75 Å². The average Bonchev–Trinajstić information content (AvgIpc) is 2.42. The molecule has 0 fully saturated rings. The topological polar surface area (TPSA) is 36.3 Å². The number of hydrogen-bond acceptors (Lipinski definition) is 4. The lowest BCUT2D eigenvalue weighted by Crippen LogP contribution is -2.39. The highest BCUT2D eigenvalue weighted by atomic mass is 32.2. The number of rotatable bonds is 7. The van der Waals surface area contributed by atoms with Gasteiger partial charge in [0.05, 0.1) is 0 Å². The summed E-state index contributed by atoms with van der Waals surface area (Å²) in [4.78, 5) is 3.35. The van der Waals surface area contributed by atoms with Crippen molar-refractivity contribution >= 4 is 11.8 Å². The Hall–Kier alpha value is -1.18. The van der Waals surface area contributed by atoms with Crippen LogP contribution >= 0.6 is 11.8 Å². The second-order valence-corrected chi connectivity index (χ2v) is 6.07. The third kappa shape index (κ3) is 4.43. The molecule has 0 saturated heterocycles. The van der Waals surface area contributed by atoms with E-state index in [9.17, 15) is 5.26 Å². The van der Waals surface area contributed by atoms with Gasteiger partial charge in [-0.1, -0.05) is 6.07 Å². The minimum absolute atomic E-state index is 0.492. The fraction of sp³-hybridized carbons (Fsp3) is 0.562. The highest BCUT2D eigenvalue weighted by Crippen LogP contribution is 2.27. The van der Waals surface area contributed by atoms with Crippen molar-refractivity contribution in [3.63, 3.8) is 0 Å². The molecule has 20 heavy (non-hydrogen) atoms. The van der Waals surface area contributed by atoms with Crippen LogP contribution in [0, 0.1) is 11.3 Å². The monoisotopic (exact) mass is 292 g/mol. The Bertz CT molecular complexity index is 458. The molecular formula is C16H24N2OS. The quantitative estimate of drug-likeness (QED) is 0.717. The summed E-state index contributed by atoms with van der Waals surface area (Å²) in [5.41, 5.74) is 0.639. The zero-order valence-electron chi connectivity index (χ0n) is 13.0. The van der Waals surface area contributed by atoms with Gasteiger partial charge in [-0.05, 0) is 46.1 Å². The number of nitrogens with zero attached hydrogens (tertiary/aromatic N) is 2. The van der Waals surface area contributed by atoms with Crippen LogP contribution in [0.1, 0.15) is 33.3 Å². The Morgan fingerprint density at radius 1 is 1.25 bits per heavy atom. The van der Waals surface area contributed by atoms with Crippen LogP contribution in [0.15, 0.2) is 23.1 Å². The van der Waals surface area contributed by atoms with Crippen molar-refractivity contribution in [2.75, 3.05) is 19.4 Å². The van der Waals surface area contributed by atoms with Crippen molar-refractivity contribution in [1.29, 1.82) is 5.26 Å². The standard InChI is InChI=1S/C16H24N2OS/c1-12(2)18(13(3)4)9-10-19-15-7-6-8-16(20-5)14(15)11-17/h6-8,12-13H,9-10H2,1-5H3. The van der Waals surface area contributed by atoms with E-state index in [0.717, 1.165) is 11.4 Å². The van der Waals surface area contributed by atoms with E-state index in [4.69, 9.17) is 4.74 Å². The van der Waals surface area contributed by atoms with Gasteiger partial charge >= 0.3 is 0 Å². The van der Waals surface area contributed by atoms with E-state index >= 15 is 0 Å². The highest BCUT2D eigenvalue weighted by molar-refractivity contribution is 7.98. The van der Waals surface area contributed by atoms with Crippen molar-refractivity contribution in [3.8, 4) is 11.8 Å². The van der Waals surface area contributed by atoms with Crippen LogP contribution in [-0.4, -0.2) is 36.4 Å². The first-order valence-corrected chi connectivity index (χ1v) is 8.19. The molecule has 0 aliphatic carbocycles. The number of hydrogen-bond donors (Lipinski definition) is 0. The normalized spacial score (nSPS) is 11.2. The summed E-state index contributed by atoms with van der Waals surface area (Å²) in [5.74, 6) is 0.687. The molecule has 1 aromatic carbocycles. The molecule has 0 aromatic heterocycles. The van der Waals surface area contributed by atoms with Crippen LogP contribution < -0.4 is 4.74 Å². The van der Waals surface area contributed by atoms with Gasteiger partial charge in [0.2, 0.25) is 0 Å². The SMILES string of the molecule is CSc1cccc(OCCN(C(C)C)C(C)C)c1C#N. The molecule has 0 unspecified atom stereocenters. The molecular weight excluding hydrogens is 268 g/mol. The van der Waals surface area contributed by atoms with E-state index in [1.165, 1.54) is 0 Å². The Morgan fingerprint density at radius 2 is 1.90 bits per heavy atom. The molecule has 0 heterocycles.